The van der Waals surface area contributed by atoms with Crippen LogP contribution in [-0.2, 0) is 6.18 Å². The second-order valence-corrected chi connectivity index (χ2v) is 8.82. The van der Waals surface area contributed by atoms with Crippen molar-refractivity contribution in [1.82, 2.24) is 19.9 Å². The van der Waals surface area contributed by atoms with E-state index in [1.165, 1.54) is 35.6 Å². The number of likely N-dealkylation sites (tertiary alicyclic amines) is 1. The SMILES string of the molecule is Cc1nc(C(=O)N2CCC(F)(F)C2CNc2ncc(C(F)(F)F)cn2)c(-c2ccc(F)cc2)s1. The quantitative estimate of drug-likeness (QED) is 0.497. The summed E-state index contributed by atoms with van der Waals surface area (Å²) in [5.41, 5.74) is -0.579. The van der Waals surface area contributed by atoms with Crippen LogP contribution in [0.1, 0.15) is 27.5 Å². The van der Waals surface area contributed by atoms with E-state index in [4.69, 9.17) is 0 Å². The summed E-state index contributed by atoms with van der Waals surface area (Å²) in [6, 6.07) is 3.78. The number of carbonyl (C=O) groups excluding carboxylic acids is 1. The Morgan fingerprint density at radius 3 is 2.47 bits per heavy atom. The zero-order chi connectivity index (χ0) is 24.7. The highest BCUT2D eigenvalue weighted by molar-refractivity contribution is 7.15. The number of amides is 1. The molecule has 180 valence electrons. The number of halogens is 6. The van der Waals surface area contributed by atoms with E-state index < -0.39 is 48.4 Å². The lowest BCUT2D eigenvalue weighted by molar-refractivity contribution is -0.138. The summed E-state index contributed by atoms with van der Waals surface area (Å²) in [5.74, 6) is -4.72. The van der Waals surface area contributed by atoms with Crippen LogP contribution in [0.25, 0.3) is 10.4 Å². The molecule has 1 atom stereocenters. The fourth-order valence-corrected chi connectivity index (χ4v) is 4.50. The highest BCUT2D eigenvalue weighted by Gasteiger charge is 2.51. The number of rotatable bonds is 5. The fourth-order valence-electron chi connectivity index (χ4n) is 3.58. The van der Waals surface area contributed by atoms with Gasteiger partial charge in [0.2, 0.25) is 5.95 Å². The largest absolute Gasteiger partial charge is 0.419 e. The molecule has 2 aromatic heterocycles. The summed E-state index contributed by atoms with van der Waals surface area (Å²) < 4.78 is 80.6. The maximum atomic E-state index is 14.6. The molecule has 1 aromatic carbocycles. The molecule has 0 aliphatic carbocycles. The van der Waals surface area contributed by atoms with Gasteiger partial charge in [0.05, 0.1) is 15.4 Å². The molecule has 3 heterocycles. The van der Waals surface area contributed by atoms with Crippen molar-refractivity contribution in [3.05, 3.63) is 58.7 Å². The predicted molar refractivity (Wildman–Crippen MR) is 112 cm³/mol. The van der Waals surface area contributed by atoms with Gasteiger partial charge in [-0.3, -0.25) is 4.79 Å². The molecule has 1 aliphatic heterocycles. The summed E-state index contributed by atoms with van der Waals surface area (Å²) in [5, 5.41) is 3.02. The van der Waals surface area contributed by atoms with Gasteiger partial charge < -0.3 is 10.2 Å². The summed E-state index contributed by atoms with van der Waals surface area (Å²) in [7, 11) is 0. The summed E-state index contributed by atoms with van der Waals surface area (Å²) in [6.45, 7) is 0.929. The van der Waals surface area contributed by atoms with E-state index in [2.05, 4.69) is 20.3 Å². The second kappa shape index (κ2) is 8.85. The average molecular weight is 501 g/mol. The lowest BCUT2D eigenvalue weighted by Crippen LogP contribution is -2.47. The number of carbonyl (C=O) groups is 1. The molecule has 34 heavy (non-hydrogen) atoms. The van der Waals surface area contributed by atoms with Gasteiger partial charge in [0.15, 0.2) is 0 Å². The summed E-state index contributed by atoms with van der Waals surface area (Å²) >= 11 is 1.18. The van der Waals surface area contributed by atoms with Crippen LogP contribution >= 0.6 is 11.3 Å². The van der Waals surface area contributed by atoms with Crippen molar-refractivity contribution >= 4 is 23.2 Å². The molecule has 1 N–H and O–H groups in total. The van der Waals surface area contributed by atoms with Crippen LogP contribution < -0.4 is 5.32 Å². The van der Waals surface area contributed by atoms with E-state index in [0.717, 1.165) is 4.90 Å². The predicted octanol–water partition coefficient (Wildman–Crippen LogP) is 5.03. The highest BCUT2D eigenvalue weighted by atomic mass is 32.1. The number of alkyl halides is 5. The van der Waals surface area contributed by atoms with Gasteiger partial charge in [0.1, 0.15) is 17.6 Å². The standard InChI is InChI=1S/C21H17F6N5OS/c1-11-31-16(17(34-11)12-2-4-14(22)5-3-12)18(33)32-7-6-20(23,24)15(32)10-30-19-28-8-13(9-29-19)21(25,26)27/h2-5,8-9,15H,6-7,10H2,1H3,(H,28,29,30). The Balaban J connectivity index is 1.56. The van der Waals surface area contributed by atoms with Gasteiger partial charge in [-0.15, -0.1) is 11.3 Å². The van der Waals surface area contributed by atoms with Crippen LogP contribution in [0.4, 0.5) is 32.3 Å². The van der Waals surface area contributed by atoms with Crippen LogP contribution in [0.5, 0.6) is 0 Å². The Morgan fingerprint density at radius 1 is 1.21 bits per heavy atom. The zero-order valence-corrected chi connectivity index (χ0v) is 18.4. The minimum absolute atomic E-state index is 0.0254. The topological polar surface area (TPSA) is 71.0 Å². The van der Waals surface area contributed by atoms with Gasteiger partial charge in [0.25, 0.3) is 11.8 Å². The fraction of sp³-hybridized carbons (Fsp3) is 0.333. The monoisotopic (exact) mass is 501 g/mol. The number of benzene rings is 1. The number of hydrogen-bond donors (Lipinski definition) is 1. The van der Waals surface area contributed by atoms with E-state index in [1.54, 1.807) is 6.92 Å². The Morgan fingerprint density at radius 2 is 1.85 bits per heavy atom. The van der Waals surface area contributed by atoms with Crippen LogP contribution in [0.3, 0.4) is 0 Å². The molecular formula is C21H17F6N5OS. The lowest BCUT2D eigenvalue weighted by atomic mass is 10.1. The molecule has 1 fully saturated rings. The van der Waals surface area contributed by atoms with Gasteiger partial charge in [-0.05, 0) is 24.6 Å². The molecular weight excluding hydrogens is 484 g/mol. The van der Waals surface area contributed by atoms with Crippen molar-refractivity contribution in [2.24, 2.45) is 0 Å². The maximum Gasteiger partial charge on any atom is 0.419 e. The molecule has 0 saturated carbocycles. The maximum absolute atomic E-state index is 14.6. The molecule has 3 aromatic rings. The third-order valence-electron chi connectivity index (χ3n) is 5.29. The normalized spacial score (nSPS) is 17.7. The van der Waals surface area contributed by atoms with E-state index in [9.17, 15) is 31.1 Å². The minimum atomic E-state index is -4.63. The Bertz CT molecular complexity index is 1180. The van der Waals surface area contributed by atoms with Crippen molar-refractivity contribution in [2.75, 3.05) is 18.4 Å². The Hall–Kier alpha value is -3.22. The Labute approximate surface area is 193 Å². The number of nitrogens with one attached hydrogen (secondary N) is 1. The minimum Gasteiger partial charge on any atom is -0.352 e. The van der Waals surface area contributed by atoms with Gasteiger partial charge in [0, 0.05) is 31.9 Å². The number of hydrogen-bond acceptors (Lipinski definition) is 6. The van der Waals surface area contributed by atoms with E-state index >= 15 is 0 Å². The lowest BCUT2D eigenvalue weighted by Gasteiger charge is -2.27. The molecule has 0 spiro atoms. The summed E-state index contributed by atoms with van der Waals surface area (Å²) in [4.78, 5) is 25.9. The summed E-state index contributed by atoms with van der Waals surface area (Å²) in [6.07, 6.45) is -4.14. The van der Waals surface area contributed by atoms with E-state index in [0.29, 0.717) is 27.8 Å². The van der Waals surface area contributed by atoms with Gasteiger partial charge in [-0.1, -0.05) is 12.1 Å². The van der Waals surface area contributed by atoms with Crippen molar-refractivity contribution in [3.63, 3.8) is 0 Å². The highest BCUT2D eigenvalue weighted by Crippen LogP contribution is 2.37. The molecule has 1 saturated heterocycles. The van der Waals surface area contributed by atoms with Crippen LogP contribution in [0, 0.1) is 12.7 Å². The first-order valence-corrected chi connectivity index (χ1v) is 10.8. The Kier molecular flexibility index (Phi) is 6.23. The molecule has 1 amide bonds. The third-order valence-corrected chi connectivity index (χ3v) is 6.31. The smallest absolute Gasteiger partial charge is 0.352 e. The van der Waals surface area contributed by atoms with Gasteiger partial charge >= 0.3 is 6.18 Å². The number of nitrogens with zero attached hydrogens (tertiary/aromatic N) is 4. The third kappa shape index (κ3) is 4.83. The van der Waals surface area contributed by atoms with Crippen LogP contribution in [0.15, 0.2) is 36.7 Å². The number of aromatic nitrogens is 3. The van der Waals surface area contributed by atoms with Gasteiger partial charge in [-0.25, -0.2) is 28.1 Å². The first-order valence-electron chi connectivity index (χ1n) is 10.0. The van der Waals surface area contributed by atoms with Crippen molar-refractivity contribution in [3.8, 4) is 10.4 Å². The molecule has 0 bridgehead atoms. The number of anilines is 1. The van der Waals surface area contributed by atoms with Crippen LogP contribution in [0.2, 0.25) is 0 Å². The molecule has 4 rings (SSSR count). The molecule has 0 radical (unpaired) electrons. The second-order valence-electron chi connectivity index (χ2n) is 7.62. The molecule has 1 aliphatic rings. The molecule has 1 unspecified atom stereocenters. The first kappa shape index (κ1) is 23.9. The van der Waals surface area contributed by atoms with E-state index in [1.807, 2.05) is 0 Å². The molecule has 6 nitrogen and oxygen atoms in total. The van der Waals surface area contributed by atoms with Crippen molar-refractivity contribution < 1.29 is 31.1 Å². The zero-order valence-electron chi connectivity index (χ0n) is 17.5. The van der Waals surface area contributed by atoms with Gasteiger partial charge in [-0.2, -0.15) is 13.2 Å². The number of thiazole rings is 1. The first-order chi connectivity index (χ1) is 16.0. The molecule has 13 heteroatoms. The number of aryl methyl sites for hydroxylation is 1. The van der Waals surface area contributed by atoms with E-state index in [-0.39, 0.29) is 18.2 Å². The van der Waals surface area contributed by atoms with Crippen LogP contribution in [-0.4, -0.2) is 50.8 Å². The van der Waals surface area contributed by atoms with Crippen molar-refractivity contribution in [1.29, 1.82) is 0 Å². The average Bonchev–Trinajstić information content (AvgIpc) is 3.31. The van der Waals surface area contributed by atoms with Crippen molar-refractivity contribution in [2.45, 2.75) is 31.5 Å².